The van der Waals surface area contributed by atoms with E-state index in [0.717, 1.165) is 24.1 Å². The fraction of sp³-hybridized carbons (Fsp3) is 0.667. The van der Waals surface area contributed by atoms with Crippen molar-refractivity contribution < 1.29 is 14.4 Å². The lowest BCUT2D eigenvalue weighted by atomic mass is 9.92. The Labute approximate surface area is 152 Å². The molecular weight excluding hydrogens is 334 g/mol. The fourth-order valence-electron chi connectivity index (χ4n) is 4.23. The third kappa shape index (κ3) is 2.59. The van der Waals surface area contributed by atoms with Gasteiger partial charge in [0.2, 0.25) is 17.7 Å². The van der Waals surface area contributed by atoms with Crippen LogP contribution in [0.15, 0.2) is 6.20 Å². The summed E-state index contributed by atoms with van der Waals surface area (Å²) < 4.78 is 1.77. The quantitative estimate of drug-likeness (QED) is 0.781. The monoisotopic (exact) mass is 359 g/mol. The van der Waals surface area contributed by atoms with Crippen molar-refractivity contribution >= 4 is 17.7 Å². The van der Waals surface area contributed by atoms with Crippen LogP contribution in [0.2, 0.25) is 0 Å². The summed E-state index contributed by atoms with van der Waals surface area (Å²) in [6.45, 7) is 4.92. The van der Waals surface area contributed by atoms with Gasteiger partial charge >= 0.3 is 0 Å². The van der Waals surface area contributed by atoms with Crippen LogP contribution in [0.4, 0.5) is 0 Å². The van der Waals surface area contributed by atoms with Gasteiger partial charge in [-0.3, -0.25) is 19.1 Å². The zero-order chi connectivity index (χ0) is 18.6. The number of rotatable bonds is 4. The zero-order valence-electron chi connectivity index (χ0n) is 15.5. The van der Waals surface area contributed by atoms with E-state index in [1.54, 1.807) is 25.6 Å². The Balaban J connectivity index is 1.61. The molecule has 1 aromatic rings. The molecule has 3 aliphatic rings. The van der Waals surface area contributed by atoms with Gasteiger partial charge < -0.3 is 14.7 Å². The molecule has 0 spiro atoms. The van der Waals surface area contributed by atoms with Crippen LogP contribution in [-0.2, 0) is 21.4 Å². The largest absolute Gasteiger partial charge is 0.335 e. The summed E-state index contributed by atoms with van der Waals surface area (Å²) in [5.41, 5.74) is 1.88. The minimum Gasteiger partial charge on any atom is -0.335 e. The SMILES string of the molecule is CCN1C(=O)C[C@H](C(=O)N2CC(=O)N(C3CC3)C2)[C@H]1c1cnn(C)c1C. The van der Waals surface area contributed by atoms with E-state index in [1.807, 2.05) is 20.9 Å². The van der Waals surface area contributed by atoms with Gasteiger partial charge in [-0.1, -0.05) is 0 Å². The lowest BCUT2D eigenvalue weighted by Gasteiger charge is -2.29. The molecule has 0 N–H and O–H groups in total. The fourth-order valence-corrected chi connectivity index (χ4v) is 4.23. The van der Waals surface area contributed by atoms with Crippen molar-refractivity contribution in [2.24, 2.45) is 13.0 Å². The molecule has 8 heteroatoms. The topological polar surface area (TPSA) is 78.8 Å². The maximum Gasteiger partial charge on any atom is 0.243 e. The van der Waals surface area contributed by atoms with Gasteiger partial charge in [0.05, 0.1) is 24.8 Å². The molecule has 140 valence electrons. The molecule has 0 bridgehead atoms. The molecular formula is C18H25N5O3. The van der Waals surface area contributed by atoms with Crippen molar-refractivity contribution in [2.45, 2.75) is 45.2 Å². The molecule has 3 amide bonds. The molecule has 26 heavy (non-hydrogen) atoms. The van der Waals surface area contributed by atoms with E-state index in [0.29, 0.717) is 19.3 Å². The maximum atomic E-state index is 13.2. The van der Waals surface area contributed by atoms with Gasteiger partial charge in [-0.15, -0.1) is 0 Å². The minimum atomic E-state index is -0.461. The lowest BCUT2D eigenvalue weighted by molar-refractivity contribution is -0.136. The van der Waals surface area contributed by atoms with Crippen molar-refractivity contribution in [3.05, 3.63) is 17.5 Å². The summed E-state index contributed by atoms with van der Waals surface area (Å²) in [7, 11) is 1.86. The van der Waals surface area contributed by atoms with Crippen molar-refractivity contribution in [2.75, 3.05) is 19.8 Å². The summed E-state index contributed by atoms with van der Waals surface area (Å²) in [5, 5.41) is 4.29. The van der Waals surface area contributed by atoms with Gasteiger partial charge in [0, 0.05) is 37.3 Å². The first-order valence-electron chi connectivity index (χ1n) is 9.28. The Morgan fingerprint density at radius 3 is 2.58 bits per heavy atom. The van der Waals surface area contributed by atoms with Gasteiger partial charge in [-0.05, 0) is 26.7 Å². The second-order valence-electron chi connectivity index (χ2n) is 7.52. The van der Waals surface area contributed by atoms with E-state index in [9.17, 15) is 14.4 Å². The van der Waals surface area contributed by atoms with Crippen LogP contribution in [-0.4, -0.2) is 68.0 Å². The van der Waals surface area contributed by atoms with Crippen LogP contribution >= 0.6 is 0 Å². The van der Waals surface area contributed by atoms with Gasteiger partial charge in [0.15, 0.2) is 0 Å². The highest BCUT2D eigenvalue weighted by Gasteiger charge is 2.49. The van der Waals surface area contributed by atoms with Crippen molar-refractivity contribution in [1.82, 2.24) is 24.5 Å². The minimum absolute atomic E-state index is 0.0105. The van der Waals surface area contributed by atoms with Crippen molar-refractivity contribution in [1.29, 1.82) is 0 Å². The van der Waals surface area contributed by atoms with Crippen LogP contribution in [0, 0.1) is 12.8 Å². The summed E-state index contributed by atoms with van der Waals surface area (Å²) >= 11 is 0. The molecule has 1 aliphatic carbocycles. The molecule has 1 saturated carbocycles. The third-order valence-electron chi connectivity index (χ3n) is 5.95. The smallest absolute Gasteiger partial charge is 0.243 e. The highest BCUT2D eigenvalue weighted by molar-refractivity contribution is 5.94. The molecule has 8 nitrogen and oxygen atoms in total. The zero-order valence-corrected chi connectivity index (χ0v) is 15.5. The number of aromatic nitrogens is 2. The highest BCUT2D eigenvalue weighted by atomic mass is 16.2. The van der Waals surface area contributed by atoms with Crippen LogP contribution < -0.4 is 0 Å². The third-order valence-corrected chi connectivity index (χ3v) is 5.95. The number of carbonyl (C=O) groups excluding carboxylic acids is 3. The predicted molar refractivity (Wildman–Crippen MR) is 92.6 cm³/mol. The Bertz CT molecular complexity index is 769. The Hall–Kier alpha value is -2.38. The number of amides is 3. The number of nitrogens with zero attached hydrogens (tertiary/aromatic N) is 5. The Morgan fingerprint density at radius 2 is 2.00 bits per heavy atom. The van der Waals surface area contributed by atoms with E-state index in [2.05, 4.69) is 5.10 Å². The normalized spacial score (nSPS) is 26.3. The molecule has 0 aromatic carbocycles. The molecule has 2 atom stereocenters. The number of carbonyl (C=O) groups is 3. The number of hydrogen-bond donors (Lipinski definition) is 0. The van der Waals surface area contributed by atoms with Gasteiger partial charge in [0.1, 0.15) is 6.54 Å². The molecule has 0 unspecified atom stereocenters. The Morgan fingerprint density at radius 1 is 1.27 bits per heavy atom. The summed E-state index contributed by atoms with van der Waals surface area (Å²) in [4.78, 5) is 43.2. The predicted octanol–water partition coefficient (Wildman–Crippen LogP) is 0.429. The van der Waals surface area contributed by atoms with Crippen molar-refractivity contribution in [3.63, 3.8) is 0 Å². The van der Waals surface area contributed by atoms with Crippen LogP contribution in [0.5, 0.6) is 0 Å². The van der Waals surface area contributed by atoms with E-state index < -0.39 is 5.92 Å². The number of likely N-dealkylation sites (tertiary alicyclic amines) is 1. The molecule has 1 aromatic heterocycles. The highest BCUT2D eigenvalue weighted by Crippen LogP contribution is 2.41. The molecule has 3 heterocycles. The summed E-state index contributed by atoms with van der Waals surface area (Å²) in [6.07, 6.45) is 4.00. The van der Waals surface area contributed by atoms with E-state index in [4.69, 9.17) is 0 Å². The molecule has 4 rings (SSSR count). The first-order chi connectivity index (χ1) is 12.4. The number of aryl methyl sites for hydroxylation is 1. The summed E-state index contributed by atoms with van der Waals surface area (Å²) in [6, 6.07) is -0.00667. The second-order valence-corrected chi connectivity index (χ2v) is 7.52. The number of hydrogen-bond acceptors (Lipinski definition) is 4. The van der Waals surface area contributed by atoms with Gasteiger partial charge in [-0.25, -0.2) is 0 Å². The standard InChI is InChI=1S/C18H25N5O3/c1-4-22-15(24)7-13(17(22)14-8-19-20(3)11(14)2)18(26)21-9-16(25)23(10-21)12-5-6-12/h8,12-13,17H,4-7,9-10H2,1-3H3/t13-,17-/m0/s1. The first-order valence-corrected chi connectivity index (χ1v) is 9.28. The van der Waals surface area contributed by atoms with Crippen LogP contribution in [0.1, 0.15) is 43.5 Å². The van der Waals surface area contributed by atoms with E-state index >= 15 is 0 Å². The summed E-state index contributed by atoms with van der Waals surface area (Å²) in [5.74, 6) is -0.549. The second kappa shape index (κ2) is 6.10. The maximum absolute atomic E-state index is 13.2. The van der Waals surface area contributed by atoms with Crippen LogP contribution in [0.25, 0.3) is 0 Å². The van der Waals surface area contributed by atoms with Crippen LogP contribution in [0.3, 0.4) is 0 Å². The first kappa shape index (κ1) is 17.1. The molecule has 2 saturated heterocycles. The van der Waals surface area contributed by atoms with E-state index in [-0.39, 0.29) is 36.7 Å². The molecule has 2 aliphatic heterocycles. The average Bonchev–Trinajstić information content (AvgIpc) is 3.20. The lowest BCUT2D eigenvalue weighted by Crippen LogP contribution is -2.39. The van der Waals surface area contributed by atoms with E-state index in [1.165, 1.54) is 0 Å². The molecule has 3 fully saturated rings. The van der Waals surface area contributed by atoms with Gasteiger partial charge in [-0.2, -0.15) is 5.10 Å². The molecule has 0 radical (unpaired) electrons. The Kier molecular flexibility index (Phi) is 4.00. The van der Waals surface area contributed by atoms with Gasteiger partial charge in [0.25, 0.3) is 0 Å². The van der Waals surface area contributed by atoms with Crippen molar-refractivity contribution in [3.8, 4) is 0 Å². The average molecular weight is 359 g/mol.